The van der Waals surface area contributed by atoms with Gasteiger partial charge in [0.25, 0.3) is 5.95 Å². The molecule has 0 unspecified atom stereocenters. The van der Waals surface area contributed by atoms with Crippen molar-refractivity contribution in [3.05, 3.63) is 57.0 Å². The summed E-state index contributed by atoms with van der Waals surface area (Å²) in [7, 11) is 1.44. The Balaban J connectivity index is 2.48. The molecule has 0 aromatic carbocycles. The van der Waals surface area contributed by atoms with Gasteiger partial charge in [-0.1, -0.05) is 36.8 Å². The smallest absolute Gasteiger partial charge is 0.303 e. The lowest BCUT2D eigenvalue weighted by atomic mass is 9.61. The Morgan fingerprint density at radius 1 is 1.05 bits per heavy atom. The molecule has 0 amide bonds. The third-order valence-electron chi connectivity index (χ3n) is 7.39. The normalized spacial score (nSPS) is 30.3. The predicted molar refractivity (Wildman–Crippen MR) is 143 cm³/mol. The van der Waals surface area contributed by atoms with Gasteiger partial charge in [0, 0.05) is 31.2 Å². The van der Waals surface area contributed by atoms with E-state index >= 15 is 0 Å². The second-order valence-electron chi connectivity index (χ2n) is 10.4. The zero-order valence-corrected chi connectivity index (χ0v) is 23.9. The Kier molecular flexibility index (Phi) is 9.56. The number of carbonyl (C=O) groups is 2. The third kappa shape index (κ3) is 6.10. The molecular weight excluding hydrogens is 492 g/mol. The highest BCUT2D eigenvalue weighted by Gasteiger charge is 2.63. The molecule has 6 atom stereocenters. The minimum Gasteiger partial charge on any atom is -0.468 e. The summed E-state index contributed by atoms with van der Waals surface area (Å²) in [6.45, 7) is 14.2. The zero-order chi connectivity index (χ0) is 29.2. The Labute approximate surface area is 223 Å². The number of methoxy groups -OCH3 is 1. The van der Waals surface area contributed by atoms with Crippen molar-refractivity contribution in [2.45, 2.75) is 85.7 Å². The lowest BCUT2D eigenvalue weighted by Crippen LogP contribution is -2.71. The number of allylic oxidation sites excluding steroid dienone is 5. The van der Waals surface area contributed by atoms with Crippen LogP contribution in [0.2, 0.25) is 0 Å². The van der Waals surface area contributed by atoms with Crippen molar-refractivity contribution in [1.82, 2.24) is 0 Å². The van der Waals surface area contributed by atoms with Crippen molar-refractivity contribution in [2.75, 3.05) is 7.11 Å². The number of aliphatic hydroxyl groups excluding tert-OH is 1. The van der Waals surface area contributed by atoms with Gasteiger partial charge in [-0.05, 0) is 47.1 Å². The number of aliphatic hydroxyl groups is 2. The summed E-state index contributed by atoms with van der Waals surface area (Å²) in [5.74, 6) is -1.75. The maximum absolute atomic E-state index is 12.5. The van der Waals surface area contributed by atoms with Crippen molar-refractivity contribution < 1.29 is 38.4 Å². The SMILES string of the molecule is COc1oc(/C(C)=C/C=C/C(C)=C/[C@H]2[C@H](OC(C)=O)[C@](C)(O)[C@H](O)[C@](C)(OC(C)=O)[C@H]2C)c(C)c(=O)c1C. The molecule has 1 saturated carbocycles. The molecule has 2 N–H and O–H groups in total. The summed E-state index contributed by atoms with van der Waals surface area (Å²) < 4.78 is 22.0. The molecule has 9 nitrogen and oxygen atoms in total. The molecule has 0 saturated heterocycles. The Morgan fingerprint density at radius 2 is 1.66 bits per heavy atom. The highest BCUT2D eigenvalue weighted by molar-refractivity contribution is 5.67. The molecule has 0 aliphatic heterocycles. The average Bonchev–Trinajstić information content (AvgIpc) is 2.82. The van der Waals surface area contributed by atoms with E-state index in [4.69, 9.17) is 18.6 Å². The number of rotatable bonds is 7. The maximum atomic E-state index is 12.5. The number of hydrogen-bond acceptors (Lipinski definition) is 9. The van der Waals surface area contributed by atoms with Crippen LogP contribution in [0.15, 0.2) is 39.1 Å². The number of hydrogen-bond donors (Lipinski definition) is 2. The first-order valence-electron chi connectivity index (χ1n) is 12.5. The molecule has 0 bridgehead atoms. The van der Waals surface area contributed by atoms with E-state index in [0.29, 0.717) is 22.5 Å². The number of ether oxygens (including phenoxy) is 3. The Morgan fingerprint density at radius 3 is 2.18 bits per heavy atom. The van der Waals surface area contributed by atoms with E-state index in [1.54, 1.807) is 39.8 Å². The Bertz CT molecular complexity index is 1220. The third-order valence-corrected chi connectivity index (χ3v) is 7.39. The lowest BCUT2D eigenvalue weighted by molar-refractivity contribution is -0.269. The van der Waals surface area contributed by atoms with E-state index in [1.807, 2.05) is 26.0 Å². The van der Waals surface area contributed by atoms with Crippen LogP contribution in [-0.4, -0.2) is 52.7 Å². The van der Waals surface area contributed by atoms with Gasteiger partial charge in [-0.15, -0.1) is 0 Å². The topological polar surface area (TPSA) is 132 Å². The van der Waals surface area contributed by atoms with Gasteiger partial charge in [0.05, 0.1) is 12.7 Å². The molecule has 9 heteroatoms. The van der Waals surface area contributed by atoms with Crippen LogP contribution < -0.4 is 10.2 Å². The van der Waals surface area contributed by atoms with Crippen LogP contribution in [0, 0.1) is 25.7 Å². The van der Waals surface area contributed by atoms with E-state index in [-0.39, 0.29) is 11.4 Å². The molecule has 210 valence electrons. The first-order valence-corrected chi connectivity index (χ1v) is 12.5. The van der Waals surface area contributed by atoms with E-state index in [0.717, 1.165) is 5.57 Å². The van der Waals surface area contributed by atoms with Gasteiger partial charge in [-0.2, -0.15) is 0 Å². The number of carbonyl (C=O) groups excluding carboxylic acids is 2. The molecule has 1 aromatic heterocycles. The highest BCUT2D eigenvalue weighted by Crippen LogP contribution is 2.47. The lowest BCUT2D eigenvalue weighted by Gasteiger charge is -2.55. The summed E-state index contributed by atoms with van der Waals surface area (Å²) in [5, 5.41) is 22.3. The van der Waals surface area contributed by atoms with Crippen molar-refractivity contribution in [3.8, 4) is 5.95 Å². The van der Waals surface area contributed by atoms with Crippen LogP contribution in [0.4, 0.5) is 0 Å². The largest absolute Gasteiger partial charge is 0.468 e. The van der Waals surface area contributed by atoms with Gasteiger partial charge in [-0.25, -0.2) is 0 Å². The average molecular weight is 533 g/mol. The standard InChI is InChI=1S/C29H40O9/c1-15(12-11-13-16(2)24-17(3)23(32)18(4)26(35-10)37-24)14-22-19(5)29(9,38-21(7)31)27(33)28(8,34)25(22)36-20(6)30/h11-14,19,22,25,27,33-34H,1-10H3/b12-11+,15-14+,16-13+/t19-,22+,25-,27-,28-,29+/m0/s1. The van der Waals surface area contributed by atoms with Gasteiger partial charge < -0.3 is 28.8 Å². The van der Waals surface area contributed by atoms with Gasteiger partial charge in [0.2, 0.25) is 0 Å². The summed E-state index contributed by atoms with van der Waals surface area (Å²) in [6.07, 6.45) is 4.59. The second-order valence-corrected chi connectivity index (χ2v) is 10.4. The van der Waals surface area contributed by atoms with Gasteiger partial charge in [0.15, 0.2) is 5.43 Å². The first kappa shape index (κ1) is 31.1. The summed E-state index contributed by atoms with van der Waals surface area (Å²) >= 11 is 0. The molecule has 1 heterocycles. The maximum Gasteiger partial charge on any atom is 0.303 e. The summed E-state index contributed by atoms with van der Waals surface area (Å²) in [6, 6.07) is 0. The fourth-order valence-electron chi connectivity index (χ4n) is 5.16. The molecule has 0 spiro atoms. The van der Waals surface area contributed by atoms with E-state index < -0.39 is 47.2 Å². The molecule has 38 heavy (non-hydrogen) atoms. The second kappa shape index (κ2) is 11.7. The molecule has 1 aromatic rings. The van der Waals surface area contributed by atoms with Crippen LogP contribution in [0.3, 0.4) is 0 Å². The highest BCUT2D eigenvalue weighted by atomic mass is 16.6. The van der Waals surface area contributed by atoms with Crippen LogP contribution in [0.1, 0.15) is 65.4 Å². The fourth-order valence-corrected chi connectivity index (χ4v) is 5.16. The zero-order valence-electron chi connectivity index (χ0n) is 23.9. The Hall–Kier alpha value is -3.17. The van der Waals surface area contributed by atoms with E-state index in [1.165, 1.54) is 27.9 Å². The van der Waals surface area contributed by atoms with Crippen LogP contribution in [0.5, 0.6) is 5.95 Å². The monoisotopic (exact) mass is 532 g/mol. The van der Waals surface area contributed by atoms with Crippen molar-refractivity contribution in [2.24, 2.45) is 11.8 Å². The summed E-state index contributed by atoms with van der Waals surface area (Å²) in [4.78, 5) is 36.3. The van der Waals surface area contributed by atoms with E-state index in [2.05, 4.69) is 0 Å². The minimum atomic E-state index is -1.90. The summed E-state index contributed by atoms with van der Waals surface area (Å²) in [5.41, 5.74) is -1.13. The predicted octanol–water partition coefficient (Wildman–Crippen LogP) is 3.80. The molecule has 2 rings (SSSR count). The van der Waals surface area contributed by atoms with Crippen molar-refractivity contribution >= 4 is 17.5 Å². The minimum absolute atomic E-state index is 0.149. The molecule has 0 radical (unpaired) electrons. The van der Waals surface area contributed by atoms with Gasteiger partial charge in [-0.3, -0.25) is 14.4 Å². The quantitative estimate of drug-likeness (QED) is 0.397. The van der Waals surface area contributed by atoms with Crippen molar-refractivity contribution in [3.63, 3.8) is 0 Å². The fraction of sp³-hybridized carbons (Fsp3) is 0.552. The van der Waals surface area contributed by atoms with Gasteiger partial charge in [0.1, 0.15) is 29.2 Å². The van der Waals surface area contributed by atoms with Gasteiger partial charge >= 0.3 is 11.9 Å². The van der Waals surface area contributed by atoms with Crippen LogP contribution >= 0.6 is 0 Å². The van der Waals surface area contributed by atoms with E-state index in [9.17, 15) is 24.6 Å². The molecule has 1 fully saturated rings. The van der Waals surface area contributed by atoms with Crippen LogP contribution in [-0.2, 0) is 19.1 Å². The first-order chi connectivity index (χ1) is 17.5. The molecular formula is C29H40O9. The van der Waals surface area contributed by atoms with Crippen LogP contribution in [0.25, 0.3) is 5.57 Å². The molecule has 1 aliphatic carbocycles. The number of esters is 2. The molecule has 1 aliphatic rings. The van der Waals surface area contributed by atoms with Crippen molar-refractivity contribution in [1.29, 1.82) is 0 Å².